The van der Waals surface area contributed by atoms with Crippen LogP contribution in [0.25, 0.3) is 0 Å². The maximum absolute atomic E-state index is 13.1. The smallest absolute Gasteiger partial charge is 0.416 e. The first-order valence-electron chi connectivity index (χ1n) is 14.3. The van der Waals surface area contributed by atoms with Crippen LogP contribution in [-0.2, 0) is 23.6 Å². The first-order valence-corrected chi connectivity index (χ1v) is 14.7. The second kappa shape index (κ2) is 15.9. The highest BCUT2D eigenvalue weighted by molar-refractivity contribution is 6.30. The molecule has 15 heteroatoms. The molecule has 0 bridgehead atoms. The number of benzene rings is 3. The van der Waals surface area contributed by atoms with Gasteiger partial charge in [-0.1, -0.05) is 41.9 Å². The van der Waals surface area contributed by atoms with Gasteiger partial charge in [-0.25, -0.2) is 4.79 Å². The molecule has 0 saturated carbocycles. The lowest BCUT2D eigenvalue weighted by molar-refractivity contribution is -0.143. The van der Waals surface area contributed by atoms with Crippen molar-refractivity contribution in [3.05, 3.63) is 100 Å². The van der Waals surface area contributed by atoms with E-state index in [-0.39, 0.29) is 31.4 Å². The fourth-order valence-electron chi connectivity index (χ4n) is 4.89. The average molecular weight is 687 g/mol. The Balaban J connectivity index is 0.000000331. The van der Waals surface area contributed by atoms with E-state index in [1.807, 2.05) is 18.2 Å². The lowest BCUT2D eigenvalue weighted by Gasteiger charge is -2.35. The molecule has 0 radical (unpaired) electrons. The number of hydrogen-bond acceptors (Lipinski definition) is 4. The van der Waals surface area contributed by atoms with Crippen LogP contribution in [0.2, 0.25) is 5.02 Å². The normalized spacial score (nSPS) is 14.1. The van der Waals surface area contributed by atoms with Gasteiger partial charge in [0.15, 0.2) is 0 Å². The van der Waals surface area contributed by atoms with Gasteiger partial charge >= 0.3 is 24.4 Å². The molecule has 1 aliphatic rings. The van der Waals surface area contributed by atoms with Crippen molar-refractivity contribution < 1.29 is 45.8 Å². The number of nitrogens with zero attached hydrogens (tertiary/aromatic N) is 3. The van der Waals surface area contributed by atoms with E-state index in [0.29, 0.717) is 35.8 Å². The van der Waals surface area contributed by atoms with Crippen molar-refractivity contribution in [1.82, 2.24) is 9.80 Å². The maximum atomic E-state index is 13.1. The predicted molar refractivity (Wildman–Crippen MR) is 164 cm³/mol. The molecular formula is C32H33ClF6N4O4. The molecule has 1 atom stereocenters. The van der Waals surface area contributed by atoms with Gasteiger partial charge in [0.1, 0.15) is 0 Å². The largest absolute Gasteiger partial charge is 0.481 e. The number of anilines is 1. The minimum Gasteiger partial charge on any atom is -0.481 e. The Morgan fingerprint density at radius 1 is 0.872 bits per heavy atom. The van der Waals surface area contributed by atoms with E-state index < -0.39 is 47.0 Å². The van der Waals surface area contributed by atoms with Crippen molar-refractivity contribution in [2.24, 2.45) is 5.73 Å². The summed E-state index contributed by atoms with van der Waals surface area (Å²) >= 11 is 5.82. The van der Waals surface area contributed by atoms with Gasteiger partial charge in [-0.05, 0) is 60.9 Å². The van der Waals surface area contributed by atoms with E-state index >= 15 is 0 Å². The fourth-order valence-corrected chi connectivity index (χ4v) is 5.01. The number of urea groups is 1. The summed E-state index contributed by atoms with van der Waals surface area (Å²) in [6.07, 6.45) is -10.5. The number of alkyl halides is 6. The highest BCUT2D eigenvalue weighted by Crippen LogP contribution is 2.36. The van der Waals surface area contributed by atoms with Crippen molar-refractivity contribution >= 4 is 35.2 Å². The lowest BCUT2D eigenvalue weighted by Crippen LogP contribution is -2.50. The molecule has 8 nitrogen and oxygen atoms in total. The Morgan fingerprint density at radius 3 is 1.87 bits per heavy atom. The van der Waals surface area contributed by atoms with Crippen molar-refractivity contribution in [2.45, 2.75) is 37.7 Å². The van der Waals surface area contributed by atoms with Crippen LogP contribution in [-0.4, -0.2) is 72.1 Å². The molecule has 1 aliphatic heterocycles. The number of rotatable bonds is 8. The van der Waals surface area contributed by atoms with Gasteiger partial charge in [0, 0.05) is 62.0 Å². The van der Waals surface area contributed by atoms with Crippen LogP contribution in [0, 0.1) is 0 Å². The number of carbonyl (C=O) groups is 3. The molecule has 1 saturated heterocycles. The highest BCUT2D eigenvalue weighted by atomic mass is 35.5. The van der Waals surface area contributed by atoms with Crippen LogP contribution in [0.4, 0.5) is 36.8 Å². The Hall–Kier alpha value is -4.46. The van der Waals surface area contributed by atoms with Crippen molar-refractivity contribution in [2.75, 3.05) is 38.1 Å². The van der Waals surface area contributed by atoms with Crippen molar-refractivity contribution in [1.29, 1.82) is 0 Å². The number of hydrogen-bond donors (Lipinski definition) is 2. The van der Waals surface area contributed by atoms with Gasteiger partial charge in [-0.2, -0.15) is 26.3 Å². The molecule has 1 heterocycles. The summed E-state index contributed by atoms with van der Waals surface area (Å²) in [6, 6.07) is 16.1. The highest BCUT2D eigenvalue weighted by Gasteiger charge is 2.38. The Bertz CT molecular complexity index is 1480. The Labute approximate surface area is 272 Å². The minimum absolute atomic E-state index is 0.0631. The first-order chi connectivity index (χ1) is 22.0. The van der Waals surface area contributed by atoms with E-state index in [4.69, 9.17) is 22.4 Å². The molecule has 1 unspecified atom stereocenters. The van der Waals surface area contributed by atoms with Gasteiger partial charge in [-0.3, -0.25) is 9.59 Å². The molecule has 3 N–H and O–H groups in total. The third-order valence-electron chi connectivity index (χ3n) is 7.49. The summed E-state index contributed by atoms with van der Waals surface area (Å²) < 4.78 is 78.7. The predicted octanol–water partition coefficient (Wildman–Crippen LogP) is 6.81. The molecule has 0 aromatic heterocycles. The van der Waals surface area contributed by atoms with E-state index in [1.54, 1.807) is 29.2 Å². The fraction of sp³-hybridized carbons (Fsp3) is 0.344. The number of nitrogens with two attached hydrogens (primary N) is 1. The van der Waals surface area contributed by atoms with Gasteiger partial charge in [0.05, 0.1) is 11.1 Å². The second-order valence-electron chi connectivity index (χ2n) is 10.8. The number of amides is 3. The summed E-state index contributed by atoms with van der Waals surface area (Å²) in [6.45, 7) is 3.13. The van der Waals surface area contributed by atoms with Gasteiger partial charge < -0.3 is 25.5 Å². The summed E-state index contributed by atoms with van der Waals surface area (Å²) in [4.78, 5) is 39.7. The number of carbonyl (C=O) groups excluding carboxylic acids is 2. The molecule has 3 aromatic carbocycles. The SMILES string of the molecule is CN(C(=O)c1cc(C(F)(F)F)cc(C(F)(F)F)c1)C(CCC(=O)O)Cc1ccc(Cl)cc1.NC(=O)N1CCN(c2ccccc2)CC1. The number of carboxylic acid groups (broad SMARTS) is 1. The van der Waals surface area contributed by atoms with E-state index in [1.165, 1.54) is 12.7 Å². The molecule has 47 heavy (non-hydrogen) atoms. The van der Waals surface area contributed by atoms with Crippen LogP contribution in [0.5, 0.6) is 0 Å². The van der Waals surface area contributed by atoms with E-state index in [9.17, 15) is 40.7 Å². The van der Waals surface area contributed by atoms with E-state index in [0.717, 1.165) is 18.0 Å². The number of primary amides is 1. The van der Waals surface area contributed by atoms with Crippen LogP contribution in [0.1, 0.15) is 39.9 Å². The molecule has 1 fully saturated rings. The van der Waals surface area contributed by atoms with Crippen LogP contribution in [0.3, 0.4) is 0 Å². The quantitative estimate of drug-likeness (QED) is 0.253. The topological polar surface area (TPSA) is 107 Å². The summed E-state index contributed by atoms with van der Waals surface area (Å²) in [5, 5.41) is 9.42. The summed E-state index contributed by atoms with van der Waals surface area (Å²) in [5.74, 6) is -2.25. The molecule has 3 amide bonds. The average Bonchev–Trinajstić information content (AvgIpc) is 3.03. The number of para-hydroxylation sites is 1. The van der Waals surface area contributed by atoms with Gasteiger partial charge in [-0.15, -0.1) is 0 Å². The number of halogens is 7. The monoisotopic (exact) mass is 686 g/mol. The molecule has 3 aromatic rings. The second-order valence-corrected chi connectivity index (χ2v) is 11.2. The zero-order valence-electron chi connectivity index (χ0n) is 25.2. The summed E-state index contributed by atoms with van der Waals surface area (Å²) in [7, 11) is 1.21. The van der Waals surface area contributed by atoms with Gasteiger partial charge in [0.2, 0.25) is 0 Å². The lowest BCUT2D eigenvalue weighted by atomic mass is 9.98. The number of piperazine rings is 1. The molecular weight excluding hydrogens is 654 g/mol. The first kappa shape index (κ1) is 37.0. The third kappa shape index (κ3) is 11.1. The molecule has 4 rings (SSSR count). The van der Waals surface area contributed by atoms with Crippen molar-refractivity contribution in [3.63, 3.8) is 0 Å². The summed E-state index contributed by atoms with van der Waals surface area (Å²) in [5.41, 5.74) is 3.07. The number of aliphatic carboxylic acids is 1. The number of carboxylic acids is 1. The molecule has 254 valence electrons. The Kier molecular flexibility index (Phi) is 12.5. The molecule has 0 aliphatic carbocycles. The zero-order valence-corrected chi connectivity index (χ0v) is 25.9. The van der Waals surface area contributed by atoms with Crippen LogP contribution >= 0.6 is 11.6 Å². The minimum atomic E-state index is -5.10. The third-order valence-corrected chi connectivity index (χ3v) is 7.74. The van der Waals surface area contributed by atoms with E-state index in [2.05, 4.69) is 17.0 Å². The zero-order chi connectivity index (χ0) is 34.9. The number of likely N-dealkylation sites (N-methyl/N-ethyl adjacent to an activating group) is 1. The Morgan fingerprint density at radius 2 is 1.40 bits per heavy atom. The maximum Gasteiger partial charge on any atom is 0.416 e. The van der Waals surface area contributed by atoms with Gasteiger partial charge in [0.25, 0.3) is 5.91 Å². The van der Waals surface area contributed by atoms with Crippen LogP contribution in [0.15, 0.2) is 72.8 Å². The van der Waals surface area contributed by atoms with Crippen molar-refractivity contribution in [3.8, 4) is 0 Å². The molecule has 0 spiro atoms. The van der Waals surface area contributed by atoms with Crippen LogP contribution < -0.4 is 10.6 Å². The standard InChI is InChI=1S/C21H18ClF6NO3.C11H15N3O/c1-29(17(6-7-18(30)31)8-12-2-4-16(22)5-3-12)19(32)13-9-14(20(23,24)25)11-15(10-13)21(26,27)28;12-11(15)14-8-6-13(7-9-14)10-4-2-1-3-5-10/h2-5,9-11,17H,6-8H2,1H3,(H,30,31);1-5H,6-9H2,(H2,12,15).